The number of esters is 2. The highest BCUT2D eigenvalue weighted by Crippen LogP contribution is 2.26. The molecule has 18 heteroatoms. The highest BCUT2D eigenvalue weighted by molar-refractivity contribution is 5.87. The maximum atomic E-state index is 14.0. The lowest BCUT2D eigenvalue weighted by Crippen LogP contribution is -2.48. The van der Waals surface area contributed by atoms with Gasteiger partial charge in [-0.15, -0.1) is 0 Å². The third-order valence-corrected chi connectivity index (χ3v) is 14.1. The number of aliphatic hydroxyl groups excluding tert-OH is 2. The van der Waals surface area contributed by atoms with Gasteiger partial charge in [0, 0.05) is 77.3 Å². The number of hydrogen-bond donors (Lipinski definition) is 2. The molecule has 0 saturated carbocycles. The summed E-state index contributed by atoms with van der Waals surface area (Å²) in [4.78, 5) is 62.2. The highest BCUT2D eigenvalue weighted by Gasteiger charge is 2.35. The Kier molecular flexibility index (Phi) is 20.0. The quantitative estimate of drug-likeness (QED) is 0.0782. The van der Waals surface area contributed by atoms with Crippen LogP contribution in [0.4, 0.5) is 8.78 Å². The van der Waals surface area contributed by atoms with Crippen LogP contribution in [0, 0.1) is 11.6 Å². The Balaban J connectivity index is 0.798. The van der Waals surface area contributed by atoms with Crippen molar-refractivity contribution in [2.24, 2.45) is 0 Å². The summed E-state index contributed by atoms with van der Waals surface area (Å²) in [6.07, 6.45) is 1.54. The van der Waals surface area contributed by atoms with Crippen LogP contribution >= 0.6 is 0 Å². The van der Waals surface area contributed by atoms with Gasteiger partial charge in [0.15, 0.2) is 24.8 Å². The number of piperidine rings is 2. The fourth-order valence-electron chi connectivity index (χ4n) is 9.82. The Morgan fingerprint density at radius 3 is 1.18 bits per heavy atom. The number of rotatable bonds is 21. The Morgan fingerprint density at radius 1 is 0.514 bits per heavy atom. The summed E-state index contributed by atoms with van der Waals surface area (Å²) in [6, 6.07) is 24.4. The first kappa shape index (κ1) is 54.6. The number of halogens is 2. The van der Waals surface area contributed by atoms with E-state index in [2.05, 4.69) is 9.80 Å². The average Bonchev–Trinajstić information content (AvgIpc) is 3.43. The smallest absolute Gasteiger partial charge is 0.343 e. The number of likely N-dealkylation sites (tertiary alicyclic amines) is 2. The van der Waals surface area contributed by atoms with E-state index in [-0.39, 0.29) is 72.5 Å². The van der Waals surface area contributed by atoms with Gasteiger partial charge < -0.3 is 58.2 Å². The largest absolute Gasteiger partial charge is 0.425 e. The molecule has 0 radical (unpaired) electrons. The van der Waals surface area contributed by atoms with Crippen molar-refractivity contribution in [3.05, 3.63) is 131 Å². The summed E-state index contributed by atoms with van der Waals surface area (Å²) in [7, 11) is 0. The van der Waals surface area contributed by atoms with Gasteiger partial charge in [-0.3, -0.25) is 9.59 Å². The molecule has 4 aromatic carbocycles. The van der Waals surface area contributed by atoms with Gasteiger partial charge in [0.1, 0.15) is 23.1 Å². The van der Waals surface area contributed by atoms with E-state index in [0.717, 1.165) is 102 Å². The Bertz CT molecular complexity index is 2240. The number of carbonyl (C=O) groups is 4. The molecule has 74 heavy (non-hydrogen) atoms. The van der Waals surface area contributed by atoms with Gasteiger partial charge in [0.2, 0.25) is 11.8 Å². The average molecular weight is 1030 g/mol. The molecule has 16 nitrogen and oxygen atoms in total. The zero-order valence-corrected chi connectivity index (χ0v) is 41.8. The Labute approximate surface area is 431 Å². The minimum atomic E-state index is -2.29. The topological polar surface area (TPSA) is 177 Å². The maximum Gasteiger partial charge on any atom is 0.343 e. The lowest BCUT2D eigenvalue weighted by Gasteiger charge is -2.39. The number of benzene rings is 4. The predicted molar refractivity (Wildman–Crippen MR) is 266 cm³/mol. The van der Waals surface area contributed by atoms with E-state index in [1.807, 2.05) is 9.80 Å². The van der Waals surface area contributed by atoms with Crippen LogP contribution in [0.25, 0.3) is 0 Å². The molecular weight excluding hydrogens is 959 g/mol. The van der Waals surface area contributed by atoms with Crippen molar-refractivity contribution in [1.82, 2.24) is 19.6 Å². The van der Waals surface area contributed by atoms with Crippen molar-refractivity contribution in [2.75, 3.05) is 65.7 Å². The minimum Gasteiger partial charge on any atom is -0.425 e. The molecule has 4 heterocycles. The molecular formula is C56H68F2N4O12. The van der Waals surface area contributed by atoms with Gasteiger partial charge in [0.25, 0.3) is 0 Å². The molecule has 0 spiro atoms. The highest BCUT2D eigenvalue weighted by atomic mass is 19.1. The summed E-state index contributed by atoms with van der Waals surface area (Å²) in [5.41, 5.74) is 2.88. The maximum absolute atomic E-state index is 14.0. The summed E-state index contributed by atoms with van der Waals surface area (Å²) in [5.74, 6) is -3.56. The molecule has 398 valence electrons. The van der Waals surface area contributed by atoms with Gasteiger partial charge in [-0.2, -0.15) is 0 Å². The van der Waals surface area contributed by atoms with E-state index in [9.17, 15) is 38.2 Å². The van der Waals surface area contributed by atoms with Crippen LogP contribution in [0.1, 0.15) is 73.6 Å². The molecule has 8 rings (SSSR count). The number of hydrogen-bond acceptors (Lipinski definition) is 14. The number of aliphatic hydroxyl groups is 2. The Hall–Kier alpha value is -5.70. The first-order valence-corrected chi connectivity index (χ1v) is 25.9. The molecule has 2 unspecified atom stereocenters. The predicted octanol–water partition coefficient (Wildman–Crippen LogP) is 5.58. The van der Waals surface area contributed by atoms with Crippen LogP contribution in [0.5, 0.6) is 11.5 Å². The SMILES string of the molecule is O=C(Oc1ccc(CC(=O)N(Cc2ccc(F)cc2)C2CCN(CCC3OCCCO3)CC2)cc1)C(O)C(O)C(=O)Oc1ccc(CC(=O)N(Cc2ccc(F)cc2)C2CCN(CCC3OCCCO3)CC2)cc1. The molecule has 2 atom stereocenters. The fourth-order valence-corrected chi connectivity index (χ4v) is 9.82. The van der Waals surface area contributed by atoms with E-state index in [1.165, 1.54) is 48.5 Å². The second-order valence-corrected chi connectivity index (χ2v) is 19.4. The van der Waals surface area contributed by atoms with Crippen LogP contribution in [-0.4, -0.2) is 156 Å². The van der Waals surface area contributed by atoms with Crippen molar-refractivity contribution < 1.29 is 66.6 Å². The van der Waals surface area contributed by atoms with E-state index >= 15 is 0 Å². The second kappa shape index (κ2) is 27.2. The molecule has 0 aliphatic carbocycles. The number of amides is 2. The Morgan fingerprint density at radius 2 is 0.838 bits per heavy atom. The minimum absolute atomic E-state index is 0.00754. The fraction of sp³-hybridized carbons (Fsp3) is 0.500. The third-order valence-electron chi connectivity index (χ3n) is 14.1. The number of nitrogens with zero attached hydrogens (tertiary/aromatic N) is 4. The van der Waals surface area contributed by atoms with E-state index in [0.29, 0.717) is 50.6 Å². The van der Waals surface area contributed by atoms with Gasteiger partial charge >= 0.3 is 11.9 Å². The van der Waals surface area contributed by atoms with E-state index in [4.69, 9.17) is 28.4 Å². The molecule has 4 saturated heterocycles. The van der Waals surface area contributed by atoms with Crippen molar-refractivity contribution in [2.45, 2.75) is 114 Å². The number of carbonyl (C=O) groups excluding carboxylic acids is 4. The lowest BCUT2D eigenvalue weighted by molar-refractivity contribution is -0.183. The van der Waals surface area contributed by atoms with Gasteiger partial charge in [-0.05, 0) is 109 Å². The van der Waals surface area contributed by atoms with Crippen molar-refractivity contribution in [3.63, 3.8) is 0 Å². The van der Waals surface area contributed by atoms with E-state index < -0.39 is 24.1 Å². The monoisotopic (exact) mass is 1030 g/mol. The van der Waals surface area contributed by atoms with Crippen LogP contribution in [0.15, 0.2) is 97.1 Å². The van der Waals surface area contributed by atoms with Gasteiger partial charge in [-0.1, -0.05) is 48.5 Å². The first-order chi connectivity index (χ1) is 35.9. The lowest BCUT2D eigenvalue weighted by atomic mass is 10.0. The standard InChI is InChI=1S/C56H68F2N4O12/c57-43-11-3-41(4-12-43)37-61(45-19-25-59(26-20-45)29-23-51-69-31-1-32-70-51)49(63)35-39-7-15-47(16-8-39)73-55(67)53(65)54(66)56(68)74-48-17-9-40(10-18-48)36-50(64)62(38-42-5-13-44(58)14-6-42)46-21-27-60(28-22-46)30-24-52-71-33-2-34-72-52/h3-18,45-46,51-54,65-66H,1-2,19-38H2. The number of ether oxygens (including phenoxy) is 6. The molecule has 0 aromatic heterocycles. The second-order valence-electron chi connectivity index (χ2n) is 19.4. The van der Waals surface area contributed by atoms with Crippen LogP contribution in [0.3, 0.4) is 0 Å². The van der Waals surface area contributed by atoms with E-state index in [1.54, 1.807) is 48.5 Å². The summed E-state index contributed by atoms with van der Waals surface area (Å²) in [6.45, 7) is 8.33. The molecule has 4 aromatic rings. The first-order valence-electron chi connectivity index (χ1n) is 25.9. The van der Waals surface area contributed by atoms with Crippen molar-refractivity contribution in [3.8, 4) is 11.5 Å². The zero-order chi connectivity index (χ0) is 51.8. The molecule has 2 amide bonds. The van der Waals surface area contributed by atoms with Crippen molar-refractivity contribution >= 4 is 23.8 Å². The van der Waals surface area contributed by atoms with Gasteiger partial charge in [0.05, 0.1) is 39.3 Å². The zero-order valence-electron chi connectivity index (χ0n) is 41.8. The molecule has 2 N–H and O–H groups in total. The molecule has 0 bridgehead atoms. The summed E-state index contributed by atoms with van der Waals surface area (Å²) >= 11 is 0. The normalized spacial score (nSPS) is 18.6. The molecule has 4 aliphatic rings. The molecule has 4 fully saturated rings. The van der Waals surface area contributed by atoms with Crippen LogP contribution < -0.4 is 9.47 Å². The summed E-state index contributed by atoms with van der Waals surface area (Å²) < 4.78 is 61.0. The van der Waals surface area contributed by atoms with Gasteiger partial charge in [-0.25, -0.2) is 18.4 Å². The molecule has 4 aliphatic heterocycles. The third kappa shape index (κ3) is 16.2. The van der Waals surface area contributed by atoms with Crippen LogP contribution in [-0.2, 0) is 64.1 Å². The summed E-state index contributed by atoms with van der Waals surface area (Å²) in [5, 5.41) is 21.3. The van der Waals surface area contributed by atoms with Crippen molar-refractivity contribution in [1.29, 1.82) is 0 Å². The van der Waals surface area contributed by atoms with Crippen LogP contribution in [0.2, 0.25) is 0 Å².